The molecule has 0 radical (unpaired) electrons. The van der Waals surface area contributed by atoms with Gasteiger partial charge in [0.25, 0.3) is 0 Å². The van der Waals surface area contributed by atoms with E-state index in [4.69, 9.17) is 4.52 Å². The Hall–Kier alpha value is -2.88. The van der Waals surface area contributed by atoms with Gasteiger partial charge in [-0.2, -0.15) is 0 Å². The molecule has 2 aromatic heterocycles. The Morgan fingerprint density at radius 3 is 2.89 bits per heavy atom. The third-order valence-corrected chi connectivity index (χ3v) is 4.47. The monoisotopic (exact) mass is 362 g/mol. The third-order valence-electron chi connectivity index (χ3n) is 4.47. The van der Waals surface area contributed by atoms with Crippen LogP contribution in [0.25, 0.3) is 11.3 Å². The third kappa shape index (κ3) is 4.45. The van der Waals surface area contributed by atoms with E-state index in [1.807, 2.05) is 41.1 Å². The van der Waals surface area contributed by atoms with Crippen LogP contribution in [0.15, 0.2) is 47.2 Å². The summed E-state index contributed by atoms with van der Waals surface area (Å²) >= 11 is 0. The van der Waals surface area contributed by atoms with Crippen LogP contribution in [0.4, 0.5) is 0 Å². The summed E-state index contributed by atoms with van der Waals surface area (Å²) in [6.07, 6.45) is 5.41. The van der Waals surface area contributed by atoms with Gasteiger partial charge in [-0.3, -0.25) is 0 Å². The Balaban J connectivity index is 1.41. The average molecular weight is 362 g/mol. The van der Waals surface area contributed by atoms with E-state index in [1.54, 1.807) is 13.1 Å². The van der Waals surface area contributed by atoms with Gasteiger partial charge in [0.1, 0.15) is 17.6 Å². The standard InChI is InChI=1S/C21H22N4O2/c1-15(26)21-23-11-12-25(21)14-19-13-20(27-24-19)17-6-4-16(5-7-17)3-2-10-22-18-8-9-18/h4-7,11-13,15,18,22,26H,8-10,14H2,1H3/t15-/m0/s1. The minimum atomic E-state index is -0.625. The van der Waals surface area contributed by atoms with Gasteiger partial charge >= 0.3 is 0 Å². The molecule has 0 unspecified atom stereocenters. The molecule has 27 heavy (non-hydrogen) atoms. The fourth-order valence-electron chi connectivity index (χ4n) is 2.87. The molecule has 3 aromatic rings. The maximum Gasteiger partial charge on any atom is 0.167 e. The van der Waals surface area contributed by atoms with Gasteiger partial charge in [0.2, 0.25) is 0 Å². The second-order valence-corrected chi connectivity index (χ2v) is 6.81. The first-order valence-corrected chi connectivity index (χ1v) is 9.16. The summed E-state index contributed by atoms with van der Waals surface area (Å²) < 4.78 is 7.34. The Morgan fingerprint density at radius 2 is 2.15 bits per heavy atom. The number of hydrogen-bond acceptors (Lipinski definition) is 5. The molecule has 0 saturated heterocycles. The zero-order valence-corrected chi connectivity index (χ0v) is 15.2. The molecule has 4 rings (SSSR count). The summed E-state index contributed by atoms with van der Waals surface area (Å²) in [6.45, 7) is 2.93. The molecule has 1 aliphatic rings. The van der Waals surface area contributed by atoms with Crippen molar-refractivity contribution in [1.82, 2.24) is 20.0 Å². The lowest BCUT2D eigenvalue weighted by Crippen LogP contribution is -2.15. The van der Waals surface area contributed by atoms with Crippen LogP contribution in [0.1, 0.15) is 43.0 Å². The van der Waals surface area contributed by atoms with Gasteiger partial charge in [-0.05, 0) is 44.0 Å². The van der Waals surface area contributed by atoms with Crippen molar-refractivity contribution in [2.45, 2.75) is 38.5 Å². The number of nitrogens with zero attached hydrogens (tertiary/aromatic N) is 3. The summed E-state index contributed by atoms with van der Waals surface area (Å²) in [5, 5.41) is 17.3. The minimum absolute atomic E-state index is 0.501. The van der Waals surface area contributed by atoms with Crippen LogP contribution in [-0.4, -0.2) is 32.4 Å². The van der Waals surface area contributed by atoms with Crippen molar-refractivity contribution in [2.24, 2.45) is 0 Å². The van der Waals surface area contributed by atoms with Crippen LogP contribution in [0.3, 0.4) is 0 Å². The first kappa shape index (κ1) is 17.5. The maximum absolute atomic E-state index is 9.75. The van der Waals surface area contributed by atoms with E-state index in [2.05, 4.69) is 27.3 Å². The molecular formula is C21H22N4O2. The summed E-state index contributed by atoms with van der Waals surface area (Å²) in [4.78, 5) is 4.17. The zero-order valence-electron chi connectivity index (χ0n) is 15.2. The van der Waals surface area contributed by atoms with Gasteiger partial charge in [0, 0.05) is 35.6 Å². The van der Waals surface area contributed by atoms with Crippen LogP contribution >= 0.6 is 0 Å². The normalized spacial score (nSPS) is 14.6. The SMILES string of the molecule is C[C@H](O)c1nccn1Cc1cc(-c2ccc(C#CCNC3CC3)cc2)on1. The molecule has 1 aromatic carbocycles. The Morgan fingerprint density at radius 1 is 1.33 bits per heavy atom. The lowest BCUT2D eigenvalue weighted by atomic mass is 10.1. The summed E-state index contributed by atoms with van der Waals surface area (Å²) in [6, 6.07) is 10.5. The lowest BCUT2D eigenvalue weighted by molar-refractivity contribution is 0.184. The van der Waals surface area contributed by atoms with E-state index in [0.717, 1.165) is 23.4 Å². The number of aliphatic hydroxyl groups is 1. The lowest BCUT2D eigenvalue weighted by Gasteiger charge is -2.07. The van der Waals surface area contributed by atoms with E-state index in [1.165, 1.54) is 12.8 Å². The van der Waals surface area contributed by atoms with Crippen LogP contribution in [0.5, 0.6) is 0 Å². The largest absolute Gasteiger partial charge is 0.385 e. The van der Waals surface area contributed by atoms with Crippen molar-refractivity contribution in [3.63, 3.8) is 0 Å². The Labute approximate surface area is 158 Å². The van der Waals surface area contributed by atoms with E-state index < -0.39 is 6.10 Å². The predicted molar refractivity (Wildman–Crippen MR) is 102 cm³/mol. The van der Waals surface area contributed by atoms with Gasteiger partial charge in [-0.25, -0.2) is 4.98 Å². The number of imidazole rings is 1. The van der Waals surface area contributed by atoms with Crippen LogP contribution in [0.2, 0.25) is 0 Å². The van der Waals surface area contributed by atoms with Gasteiger partial charge in [-0.15, -0.1) is 0 Å². The summed E-state index contributed by atoms with van der Waals surface area (Å²) in [5.74, 6) is 7.63. The van der Waals surface area contributed by atoms with Crippen LogP contribution in [0, 0.1) is 11.8 Å². The quantitative estimate of drug-likeness (QED) is 0.660. The summed E-state index contributed by atoms with van der Waals surface area (Å²) in [5.41, 5.74) is 2.72. The highest BCUT2D eigenvalue weighted by Crippen LogP contribution is 2.22. The molecule has 1 fully saturated rings. The minimum Gasteiger partial charge on any atom is -0.385 e. The molecule has 0 aliphatic heterocycles. The molecule has 1 aliphatic carbocycles. The molecule has 1 atom stereocenters. The number of nitrogens with one attached hydrogen (secondary N) is 1. The van der Waals surface area contributed by atoms with Crippen molar-refractivity contribution in [3.05, 3.63) is 59.8 Å². The zero-order chi connectivity index (χ0) is 18.6. The topological polar surface area (TPSA) is 76.1 Å². The fourth-order valence-corrected chi connectivity index (χ4v) is 2.87. The molecule has 6 nitrogen and oxygen atoms in total. The van der Waals surface area contributed by atoms with Gasteiger partial charge in [-0.1, -0.05) is 17.0 Å². The first-order valence-electron chi connectivity index (χ1n) is 9.16. The number of hydrogen-bond donors (Lipinski definition) is 2. The molecule has 6 heteroatoms. The van der Waals surface area contributed by atoms with E-state index in [9.17, 15) is 5.11 Å². The van der Waals surface area contributed by atoms with Crippen molar-refractivity contribution in [1.29, 1.82) is 0 Å². The van der Waals surface area contributed by atoms with Crippen molar-refractivity contribution in [2.75, 3.05) is 6.54 Å². The average Bonchev–Trinajstić information content (AvgIpc) is 3.17. The van der Waals surface area contributed by atoms with Crippen molar-refractivity contribution >= 4 is 0 Å². The molecule has 2 heterocycles. The number of aromatic nitrogens is 3. The van der Waals surface area contributed by atoms with E-state index >= 15 is 0 Å². The highest BCUT2D eigenvalue weighted by atomic mass is 16.5. The second-order valence-electron chi connectivity index (χ2n) is 6.81. The Bertz CT molecular complexity index is 956. The molecule has 0 bridgehead atoms. The first-order chi connectivity index (χ1) is 13.2. The van der Waals surface area contributed by atoms with Crippen molar-refractivity contribution in [3.8, 4) is 23.2 Å². The number of rotatable bonds is 6. The molecule has 138 valence electrons. The van der Waals surface area contributed by atoms with Crippen molar-refractivity contribution < 1.29 is 9.63 Å². The van der Waals surface area contributed by atoms with Crippen LogP contribution < -0.4 is 5.32 Å². The second kappa shape index (κ2) is 7.78. The predicted octanol–water partition coefficient (Wildman–Crippen LogP) is 2.74. The fraction of sp³-hybridized carbons (Fsp3) is 0.333. The molecular weight excluding hydrogens is 340 g/mol. The van der Waals surface area contributed by atoms with Gasteiger partial charge in [0.05, 0.1) is 13.1 Å². The number of aliphatic hydroxyl groups excluding tert-OH is 1. The van der Waals surface area contributed by atoms with E-state index in [0.29, 0.717) is 24.2 Å². The number of benzene rings is 1. The molecule has 0 amide bonds. The van der Waals surface area contributed by atoms with E-state index in [-0.39, 0.29) is 0 Å². The summed E-state index contributed by atoms with van der Waals surface area (Å²) in [7, 11) is 0. The van der Waals surface area contributed by atoms with Gasteiger partial charge in [0.15, 0.2) is 5.76 Å². The maximum atomic E-state index is 9.75. The highest BCUT2D eigenvalue weighted by molar-refractivity contribution is 5.59. The van der Waals surface area contributed by atoms with Crippen LogP contribution in [-0.2, 0) is 6.54 Å². The Kier molecular flexibility index (Phi) is 5.05. The highest BCUT2D eigenvalue weighted by Gasteiger charge is 2.19. The molecule has 0 spiro atoms. The molecule has 2 N–H and O–H groups in total. The molecule has 1 saturated carbocycles. The smallest absolute Gasteiger partial charge is 0.167 e. The van der Waals surface area contributed by atoms with Gasteiger partial charge < -0.3 is 19.5 Å².